The molecule has 0 saturated heterocycles. The van der Waals surface area contributed by atoms with E-state index >= 15 is 0 Å². The number of hydrogen-bond acceptors (Lipinski definition) is 3. The lowest BCUT2D eigenvalue weighted by molar-refractivity contribution is 0.0696. The second-order valence-corrected chi connectivity index (χ2v) is 7.35. The van der Waals surface area contributed by atoms with Crippen LogP contribution in [0.3, 0.4) is 0 Å². The standard InChI is InChI=1S/C17H19NO4S/c1-11(2)13-5-7-14(8-6-13)18-23(21,22)15-9-4-12(3)16(10-15)17(19)20/h4-11,18H,1-3H3,(H,19,20). The van der Waals surface area contributed by atoms with Crippen LogP contribution in [0.15, 0.2) is 47.4 Å². The number of hydrogen-bond donors (Lipinski definition) is 2. The van der Waals surface area contributed by atoms with Gasteiger partial charge in [-0.2, -0.15) is 0 Å². The van der Waals surface area contributed by atoms with E-state index in [1.807, 2.05) is 12.1 Å². The van der Waals surface area contributed by atoms with Crippen LogP contribution in [0.25, 0.3) is 0 Å². The van der Waals surface area contributed by atoms with Crippen molar-refractivity contribution in [3.05, 3.63) is 59.2 Å². The van der Waals surface area contributed by atoms with Gasteiger partial charge in [-0.3, -0.25) is 4.72 Å². The molecule has 2 N–H and O–H groups in total. The summed E-state index contributed by atoms with van der Waals surface area (Å²) in [6.45, 7) is 5.73. The molecule has 0 saturated carbocycles. The number of nitrogens with one attached hydrogen (secondary N) is 1. The van der Waals surface area contributed by atoms with Gasteiger partial charge in [-0.1, -0.05) is 32.0 Å². The summed E-state index contributed by atoms with van der Waals surface area (Å²) < 4.78 is 27.3. The van der Waals surface area contributed by atoms with Crippen LogP contribution in [-0.4, -0.2) is 19.5 Å². The lowest BCUT2D eigenvalue weighted by Crippen LogP contribution is -2.14. The Bertz CT molecular complexity index is 824. The van der Waals surface area contributed by atoms with Gasteiger partial charge in [0, 0.05) is 5.69 Å². The molecule has 0 spiro atoms. The summed E-state index contributed by atoms with van der Waals surface area (Å²) in [4.78, 5) is 11.1. The first-order chi connectivity index (χ1) is 10.7. The highest BCUT2D eigenvalue weighted by atomic mass is 32.2. The topological polar surface area (TPSA) is 83.5 Å². The van der Waals surface area contributed by atoms with Gasteiger partial charge in [-0.15, -0.1) is 0 Å². The minimum Gasteiger partial charge on any atom is -0.478 e. The number of aromatic carboxylic acids is 1. The van der Waals surface area contributed by atoms with E-state index in [0.29, 0.717) is 17.2 Å². The molecule has 5 nitrogen and oxygen atoms in total. The highest BCUT2D eigenvalue weighted by Crippen LogP contribution is 2.21. The summed E-state index contributed by atoms with van der Waals surface area (Å²) >= 11 is 0. The Morgan fingerprint density at radius 3 is 2.22 bits per heavy atom. The Morgan fingerprint density at radius 2 is 1.70 bits per heavy atom. The Kier molecular flexibility index (Phi) is 4.75. The van der Waals surface area contributed by atoms with E-state index in [4.69, 9.17) is 5.11 Å². The predicted octanol–water partition coefficient (Wildman–Crippen LogP) is 3.62. The molecule has 0 atom stereocenters. The molecule has 0 aliphatic carbocycles. The van der Waals surface area contributed by atoms with Crippen molar-refractivity contribution in [1.29, 1.82) is 0 Å². The summed E-state index contributed by atoms with van der Waals surface area (Å²) in [5.41, 5.74) is 2.03. The minimum absolute atomic E-state index is 0.0250. The van der Waals surface area contributed by atoms with Gasteiger partial charge in [-0.05, 0) is 48.2 Å². The number of sulfonamides is 1. The highest BCUT2D eigenvalue weighted by Gasteiger charge is 2.18. The van der Waals surface area contributed by atoms with Gasteiger partial charge in [-0.25, -0.2) is 13.2 Å². The van der Waals surface area contributed by atoms with Crippen molar-refractivity contribution in [3.8, 4) is 0 Å². The fourth-order valence-electron chi connectivity index (χ4n) is 2.15. The molecule has 0 aliphatic heterocycles. The number of aryl methyl sites for hydroxylation is 1. The second kappa shape index (κ2) is 6.42. The number of anilines is 1. The van der Waals surface area contributed by atoms with Gasteiger partial charge < -0.3 is 5.11 Å². The van der Waals surface area contributed by atoms with Crippen LogP contribution >= 0.6 is 0 Å². The molecule has 0 unspecified atom stereocenters. The van der Waals surface area contributed by atoms with Gasteiger partial charge >= 0.3 is 5.97 Å². The molecule has 2 rings (SSSR count). The number of benzene rings is 2. The predicted molar refractivity (Wildman–Crippen MR) is 89.5 cm³/mol. The Morgan fingerprint density at radius 1 is 1.09 bits per heavy atom. The number of carboxylic acid groups (broad SMARTS) is 1. The van der Waals surface area contributed by atoms with Crippen molar-refractivity contribution in [2.45, 2.75) is 31.6 Å². The first-order valence-corrected chi connectivity index (χ1v) is 8.66. The number of carboxylic acids is 1. The van der Waals surface area contributed by atoms with E-state index in [1.165, 1.54) is 18.2 Å². The molecule has 0 fully saturated rings. The third-order valence-corrected chi connectivity index (χ3v) is 4.96. The van der Waals surface area contributed by atoms with Crippen LogP contribution in [0.4, 0.5) is 5.69 Å². The molecule has 0 aromatic heterocycles. The van der Waals surface area contributed by atoms with Crippen LogP contribution in [0, 0.1) is 6.92 Å². The molecule has 0 aliphatic rings. The van der Waals surface area contributed by atoms with Gasteiger partial charge in [0.1, 0.15) is 0 Å². The Hall–Kier alpha value is -2.34. The maximum Gasteiger partial charge on any atom is 0.335 e. The van der Waals surface area contributed by atoms with E-state index in [9.17, 15) is 13.2 Å². The van der Waals surface area contributed by atoms with Crippen molar-refractivity contribution in [2.75, 3.05) is 4.72 Å². The molecular weight excluding hydrogens is 314 g/mol. The maximum atomic E-state index is 12.4. The summed E-state index contributed by atoms with van der Waals surface area (Å²) in [6, 6.07) is 11.2. The third-order valence-electron chi connectivity index (χ3n) is 3.58. The quantitative estimate of drug-likeness (QED) is 0.875. The van der Waals surface area contributed by atoms with E-state index < -0.39 is 16.0 Å². The van der Waals surface area contributed by atoms with Gasteiger partial charge in [0.05, 0.1) is 10.5 Å². The van der Waals surface area contributed by atoms with E-state index in [1.54, 1.807) is 19.1 Å². The van der Waals surface area contributed by atoms with Crippen molar-refractivity contribution in [2.24, 2.45) is 0 Å². The van der Waals surface area contributed by atoms with Gasteiger partial charge in [0.2, 0.25) is 0 Å². The minimum atomic E-state index is -3.83. The molecule has 6 heteroatoms. The molecule has 2 aromatic rings. The summed E-state index contributed by atoms with van der Waals surface area (Å²) in [6.07, 6.45) is 0. The Labute approximate surface area is 136 Å². The molecule has 2 aromatic carbocycles. The molecule has 0 bridgehead atoms. The summed E-state index contributed by atoms with van der Waals surface area (Å²) in [5.74, 6) is -0.795. The van der Waals surface area contributed by atoms with Crippen LogP contribution in [0.1, 0.15) is 41.3 Å². The van der Waals surface area contributed by atoms with Crippen LogP contribution in [0.5, 0.6) is 0 Å². The first kappa shape index (κ1) is 17.0. The molecule has 0 amide bonds. The number of carbonyl (C=O) groups is 1. The Balaban J connectivity index is 2.32. The molecule has 23 heavy (non-hydrogen) atoms. The van der Waals surface area contributed by atoms with E-state index in [2.05, 4.69) is 18.6 Å². The van der Waals surface area contributed by atoms with Gasteiger partial charge in [0.15, 0.2) is 0 Å². The van der Waals surface area contributed by atoms with Crippen LogP contribution in [0.2, 0.25) is 0 Å². The zero-order chi connectivity index (χ0) is 17.2. The van der Waals surface area contributed by atoms with Crippen molar-refractivity contribution >= 4 is 21.7 Å². The molecular formula is C17H19NO4S. The molecule has 0 heterocycles. The van der Waals surface area contributed by atoms with Crippen molar-refractivity contribution in [3.63, 3.8) is 0 Å². The molecule has 0 radical (unpaired) electrons. The van der Waals surface area contributed by atoms with Crippen molar-refractivity contribution < 1.29 is 18.3 Å². The second-order valence-electron chi connectivity index (χ2n) is 5.66. The van der Waals surface area contributed by atoms with Crippen LogP contribution < -0.4 is 4.72 Å². The van der Waals surface area contributed by atoms with E-state index in [-0.39, 0.29) is 10.5 Å². The lowest BCUT2D eigenvalue weighted by Gasteiger charge is -2.11. The maximum absolute atomic E-state index is 12.4. The largest absolute Gasteiger partial charge is 0.478 e. The fourth-order valence-corrected chi connectivity index (χ4v) is 3.23. The third kappa shape index (κ3) is 3.90. The lowest BCUT2D eigenvalue weighted by atomic mass is 10.0. The zero-order valence-electron chi connectivity index (χ0n) is 13.2. The number of rotatable bonds is 5. The average Bonchev–Trinajstić information content (AvgIpc) is 2.47. The van der Waals surface area contributed by atoms with E-state index in [0.717, 1.165) is 5.56 Å². The molecule has 122 valence electrons. The van der Waals surface area contributed by atoms with Crippen LogP contribution in [-0.2, 0) is 10.0 Å². The summed E-state index contributed by atoms with van der Waals surface area (Å²) in [5, 5.41) is 9.11. The summed E-state index contributed by atoms with van der Waals surface area (Å²) in [7, 11) is -3.83. The highest BCUT2D eigenvalue weighted by molar-refractivity contribution is 7.92. The normalized spacial score (nSPS) is 11.5. The fraction of sp³-hybridized carbons (Fsp3) is 0.235. The van der Waals surface area contributed by atoms with Gasteiger partial charge in [0.25, 0.3) is 10.0 Å². The van der Waals surface area contributed by atoms with Crippen molar-refractivity contribution in [1.82, 2.24) is 0 Å². The first-order valence-electron chi connectivity index (χ1n) is 7.17. The smallest absolute Gasteiger partial charge is 0.335 e. The monoisotopic (exact) mass is 333 g/mol. The zero-order valence-corrected chi connectivity index (χ0v) is 14.0. The average molecular weight is 333 g/mol. The SMILES string of the molecule is Cc1ccc(S(=O)(=O)Nc2ccc(C(C)C)cc2)cc1C(=O)O.